The Morgan fingerprint density at radius 1 is 0.897 bits per heavy atom. The van der Waals surface area contributed by atoms with Gasteiger partial charge in [-0.3, -0.25) is 4.18 Å². The van der Waals surface area contributed by atoms with Gasteiger partial charge in [0.1, 0.15) is 0 Å². The van der Waals surface area contributed by atoms with E-state index in [4.69, 9.17) is 13.7 Å². The monoisotopic (exact) mass is 418 g/mol. The van der Waals surface area contributed by atoms with Crippen molar-refractivity contribution in [1.29, 1.82) is 0 Å². The third kappa shape index (κ3) is 4.93. The van der Waals surface area contributed by atoms with Gasteiger partial charge in [-0.05, 0) is 61.4 Å². The predicted molar refractivity (Wildman–Crippen MR) is 113 cm³/mol. The third-order valence-corrected chi connectivity index (χ3v) is 7.26. The molecule has 5 nitrogen and oxygen atoms in total. The first-order valence-corrected chi connectivity index (χ1v) is 11.5. The number of hydrogen-bond donors (Lipinski definition) is 0. The first-order chi connectivity index (χ1) is 13.9. The van der Waals surface area contributed by atoms with E-state index in [0.29, 0.717) is 17.9 Å². The Labute approximate surface area is 174 Å². The number of methoxy groups -OCH3 is 2. The molecule has 1 aliphatic carbocycles. The van der Waals surface area contributed by atoms with Gasteiger partial charge in [-0.2, -0.15) is 8.42 Å². The van der Waals surface area contributed by atoms with Gasteiger partial charge in [0.25, 0.3) is 10.1 Å². The fraction of sp³-hybridized carbons (Fsp3) is 0.478. The van der Waals surface area contributed by atoms with Crippen LogP contribution in [0.25, 0.3) is 0 Å². The zero-order chi connectivity index (χ0) is 20.9. The van der Waals surface area contributed by atoms with Crippen LogP contribution in [0.5, 0.6) is 11.5 Å². The second-order valence-corrected chi connectivity index (χ2v) is 9.37. The zero-order valence-electron chi connectivity index (χ0n) is 17.4. The quantitative estimate of drug-likeness (QED) is 0.564. The Balaban J connectivity index is 1.78. The first-order valence-electron chi connectivity index (χ1n) is 10.1. The summed E-state index contributed by atoms with van der Waals surface area (Å²) in [5.41, 5.74) is 2.06. The molecule has 0 aromatic heterocycles. The van der Waals surface area contributed by atoms with Crippen molar-refractivity contribution in [2.24, 2.45) is 0 Å². The molecule has 1 saturated carbocycles. The number of hydrogen-bond acceptors (Lipinski definition) is 5. The third-order valence-electron chi connectivity index (χ3n) is 5.94. The Morgan fingerprint density at radius 3 is 2.17 bits per heavy atom. The van der Waals surface area contributed by atoms with Crippen LogP contribution in [0.15, 0.2) is 47.4 Å². The fourth-order valence-electron chi connectivity index (χ4n) is 4.20. The summed E-state index contributed by atoms with van der Waals surface area (Å²) in [5.74, 6) is 1.39. The zero-order valence-corrected chi connectivity index (χ0v) is 18.3. The Morgan fingerprint density at radius 2 is 1.55 bits per heavy atom. The lowest BCUT2D eigenvalue weighted by Gasteiger charge is -2.38. The summed E-state index contributed by atoms with van der Waals surface area (Å²) in [5, 5.41) is 0. The molecule has 0 amide bonds. The lowest BCUT2D eigenvalue weighted by molar-refractivity contribution is 0.213. The molecule has 1 fully saturated rings. The second-order valence-electron chi connectivity index (χ2n) is 7.75. The van der Waals surface area contributed by atoms with E-state index in [2.05, 4.69) is 6.07 Å². The molecule has 29 heavy (non-hydrogen) atoms. The van der Waals surface area contributed by atoms with Crippen molar-refractivity contribution in [1.82, 2.24) is 0 Å². The van der Waals surface area contributed by atoms with Gasteiger partial charge in [0.15, 0.2) is 11.5 Å². The first kappa shape index (κ1) is 21.7. The molecule has 0 bridgehead atoms. The summed E-state index contributed by atoms with van der Waals surface area (Å²) in [7, 11) is -0.501. The molecule has 0 spiro atoms. The molecule has 2 aromatic carbocycles. The van der Waals surface area contributed by atoms with Crippen molar-refractivity contribution < 1.29 is 22.1 Å². The standard InChI is InChI=1S/C23H30O5S/c1-18-7-10-20(11-8-18)29(24,25)28-16-15-23(13-5-4-6-14-23)19-9-12-21(26-2)22(17-19)27-3/h7-12,17H,4-6,13-16H2,1-3H3. The summed E-state index contributed by atoms with van der Waals surface area (Å²) in [6.07, 6.45) is 6.12. The highest BCUT2D eigenvalue weighted by molar-refractivity contribution is 7.86. The van der Waals surface area contributed by atoms with Crippen molar-refractivity contribution in [3.8, 4) is 11.5 Å². The van der Waals surface area contributed by atoms with E-state index < -0.39 is 10.1 Å². The minimum atomic E-state index is -3.75. The second kappa shape index (κ2) is 9.18. The molecule has 158 valence electrons. The van der Waals surface area contributed by atoms with Crippen LogP contribution < -0.4 is 9.47 Å². The maximum Gasteiger partial charge on any atom is 0.296 e. The molecule has 0 aliphatic heterocycles. The molecule has 0 unspecified atom stereocenters. The highest BCUT2D eigenvalue weighted by Gasteiger charge is 2.35. The molecule has 0 atom stereocenters. The average Bonchev–Trinajstić information content (AvgIpc) is 2.74. The van der Waals surface area contributed by atoms with E-state index in [-0.39, 0.29) is 16.9 Å². The topological polar surface area (TPSA) is 61.8 Å². The predicted octanol–water partition coefficient (Wildman–Crippen LogP) is 5.01. The van der Waals surface area contributed by atoms with Gasteiger partial charge in [-0.1, -0.05) is 43.0 Å². The van der Waals surface area contributed by atoms with E-state index >= 15 is 0 Å². The number of aryl methyl sites for hydroxylation is 1. The summed E-state index contributed by atoms with van der Waals surface area (Å²) >= 11 is 0. The Hall–Kier alpha value is -2.05. The van der Waals surface area contributed by atoms with E-state index in [9.17, 15) is 8.42 Å². The van der Waals surface area contributed by atoms with Crippen LogP contribution in [-0.2, 0) is 19.7 Å². The van der Waals surface area contributed by atoms with Crippen molar-refractivity contribution in [3.05, 3.63) is 53.6 Å². The SMILES string of the molecule is COc1ccc(C2(CCOS(=O)(=O)c3ccc(C)cc3)CCCCC2)cc1OC. The van der Waals surface area contributed by atoms with Gasteiger partial charge in [0.05, 0.1) is 25.7 Å². The van der Waals surface area contributed by atoms with Crippen LogP contribution in [-0.4, -0.2) is 29.2 Å². The molecule has 0 N–H and O–H groups in total. The number of rotatable bonds is 8. The van der Waals surface area contributed by atoms with Crippen LogP contribution in [0.4, 0.5) is 0 Å². The number of benzene rings is 2. The van der Waals surface area contributed by atoms with E-state index in [1.165, 1.54) is 6.42 Å². The molecule has 0 heterocycles. The van der Waals surface area contributed by atoms with Crippen LogP contribution in [0.3, 0.4) is 0 Å². The van der Waals surface area contributed by atoms with Crippen molar-refractivity contribution in [2.45, 2.75) is 55.8 Å². The van der Waals surface area contributed by atoms with Crippen LogP contribution in [0, 0.1) is 6.92 Å². The summed E-state index contributed by atoms with van der Waals surface area (Å²) < 4.78 is 41.4. The molecule has 0 radical (unpaired) electrons. The molecule has 6 heteroatoms. The maximum absolute atomic E-state index is 12.6. The van der Waals surface area contributed by atoms with E-state index in [1.807, 2.05) is 19.1 Å². The minimum absolute atomic E-state index is 0.111. The van der Waals surface area contributed by atoms with Gasteiger partial charge in [0.2, 0.25) is 0 Å². The maximum atomic E-state index is 12.6. The highest BCUT2D eigenvalue weighted by atomic mass is 32.2. The Kier molecular flexibility index (Phi) is 6.85. The number of ether oxygens (including phenoxy) is 2. The molecule has 1 aliphatic rings. The van der Waals surface area contributed by atoms with Crippen molar-refractivity contribution >= 4 is 10.1 Å². The van der Waals surface area contributed by atoms with E-state index in [0.717, 1.165) is 36.8 Å². The van der Waals surface area contributed by atoms with E-state index in [1.54, 1.807) is 38.5 Å². The average molecular weight is 419 g/mol. The van der Waals surface area contributed by atoms with Crippen LogP contribution in [0.1, 0.15) is 49.7 Å². The largest absolute Gasteiger partial charge is 0.493 e. The lowest BCUT2D eigenvalue weighted by atomic mass is 9.67. The molecule has 2 aromatic rings. The summed E-state index contributed by atoms with van der Waals surface area (Å²) in [6.45, 7) is 2.08. The van der Waals surface area contributed by atoms with Gasteiger partial charge >= 0.3 is 0 Å². The Bertz CT molecular complexity index is 913. The van der Waals surface area contributed by atoms with Gasteiger partial charge < -0.3 is 9.47 Å². The highest BCUT2D eigenvalue weighted by Crippen LogP contribution is 2.44. The summed E-state index contributed by atoms with van der Waals surface area (Å²) in [4.78, 5) is 0.201. The van der Waals surface area contributed by atoms with Crippen LogP contribution in [0.2, 0.25) is 0 Å². The molecule has 0 saturated heterocycles. The molecular weight excluding hydrogens is 388 g/mol. The van der Waals surface area contributed by atoms with Gasteiger partial charge in [0, 0.05) is 0 Å². The van der Waals surface area contributed by atoms with Crippen LogP contribution >= 0.6 is 0 Å². The van der Waals surface area contributed by atoms with Crippen molar-refractivity contribution in [3.63, 3.8) is 0 Å². The fourth-order valence-corrected chi connectivity index (χ4v) is 5.11. The molecule has 3 rings (SSSR count). The van der Waals surface area contributed by atoms with Gasteiger partial charge in [-0.25, -0.2) is 0 Å². The summed E-state index contributed by atoms with van der Waals surface area (Å²) in [6, 6.07) is 12.8. The lowest BCUT2D eigenvalue weighted by Crippen LogP contribution is -2.31. The normalized spacial score (nSPS) is 16.4. The van der Waals surface area contributed by atoms with Gasteiger partial charge in [-0.15, -0.1) is 0 Å². The smallest absolute Gasteiger partial charge is 0.296 e. The minimum Gasteiger partial charge on any atom is -0.493 e. The molecular formula is C23H30O5S. The van der Waals surface area contributed by atoms with Crippen molar-refractivity contribution in [2.75, 3.05) is 20.8 Å².